The number of anilines is 1. The first kappa shape index (κ1) is 15.3. The lowest BCUT2D eigenvalue weighted by Gasteiger charge is -2.24. The Balaban J connectivity index is 2.58. The molecule has 0 unspecified atom stereocenters. The molecule has 0 aliphatic carbocycles. The summed E-state index contributed by atoms with van der Waals surface area (Å²) in [6.07, 6.45) is 1.77. The van der Waals surface area contributed by atoms with E-state index in [-0.39, 0.29) is 6.61 Å². The predicted octanol–water partition coefficient (Wildman–Crippen LogP) is 2.20. The van der Waals surface area contributed by atoms with Crippen molar-refractivity contribution in [1.82, 2.24) is 9.78 Å². The van der Waals surface area contributed by atoms with Crippen LogP contribution >= 0.6 is 0 Å². The summed E-state index contributed by atoms with van der Waals surface area (Å²) in [5.41, 5.74) is 2.19. The maximum absolute atomic E-state index is 11.5. The maximum Gasteiger partial charge on any atom is 0.155 e. The molecule has 0 amide bonds. The lowest BCUT2D eigenvalue weighted by atomic mass is 10.2. The van der Waals surface area contributed by atoms with Gasteiger partial charge in [0.05, 0.1) is 23.6 Å². The van der Waals surface area contributed by atoms with Crippen molar-refractivity contribution in [1.29, 1.82) is 0 Å². The van der Waals surface area contributed by atoms with Crippen molar-refractivity contribution in [2.75, 3.05) is 24.6 Å². The third kappa shape index (κ3) is 3.13. The van der Waals surface area contributed by atoms with Gasteiger partial charge in [0.15, 0.2) is 6.29 Å². The molecule has 0 radical (unpaired) electrons. The molecule has 0 atom stereocenters. The zero-order valence-electron chi connectivity index (χ0n) is 12.5. The summed E-state index contributed by atoms with van der Waals surface area (Å²) in [5, 5.41) is 13.8. The van der Waals surface area contributed by atoms with Crippen molar-refractivity contribution < 1.29 is 9.90 Å². The highest BCUT2D eigenvalue weighted by atomic mass is 16.3. The van der Waals surface area contributed by atoms with Crippen molar-refractivity contribution in [3.63, 3.8) is 0 Å². The van der Waals surface area contributed by atoms with Crippen molar-refractivity contribution in [3.05, 3.63) is 41.6 Å². The molecule has 2 rings (SSSR count). The van der Waals surface area contributed by atoms with Crippen LogP contribution in [0.5, 0.6) is 0 Å². The molecule has 0 spiro atoms. The third-order valence-electron chi connectivity index (χ3n) is 3.36. The molecular formula is C16H21N3O2. The van der Waals surface area contributed by atoms with Crippen LogP contribution in [0.15, 0.2) is 30.3 Å². The van der Waals surface area contributed by atoms with Gasteiger partial charge in [0.25, 0.3) is 0 Å². The van der Waals surface area contributed by atoms with E-state index in [4.69, 9.17) is 0 Å². The van der Waals surface area contributed by atoms with E-state index in [0.29, 0.717) is 17.8 Å². The van der Waals surface area contributed by atoms with Crippen LogP contribution in [0.4, 0.5) is 5.82 Å². The normalized spacial score (nSPS) is 10.6. The quantitative estimate of drug-likeness (QED) is 0.793. The van der Waals surface area contributed by atoms with E-state index in [0.717, 1.165) is 30.8 Å². The van der Waals surface area contributed by atoms with Crippen molar-refractivity contribution >= 4 is 12.1 Å². The average Bonchev–Trinajstić information content (AvgIpc) is 2.84. The Kier molecular flexibility index (Phi) is 5.11. The fourth-order valence-electron chi connectivity index (χ4n) is 2.43. The molecule has 21 heavy (non-hydrogen) atoms. The number of rotatable bonds is 7. The number of carbonyl (C=O) groups is 1. The van der Waals surface area contributed by atoms with E-state index in [1.54, 1.807) is 4.68 Å². The Morgan fingerprint density at radius 3 is 2.57 bits per heavy atom. The van der Waals surface area contributed by atoms with Crippen LogP contribution in [0.3, 0.4) is 0 Å². The highest BCUT2D eigenvalue weighted by molar-refractivity contribution is 5.85. The fourth-order valence-corrected chi connectivity index (χ4v) is 2.43. The van der Waals surface area contributed by atoms with Crippen LogP contribution in [0.1, 0.15) is 29.4 Å². The number of aliphatic hydroxyl groups excluding tert-OH is 1. The zero-order valence-corrected chi connectivity index (χ0v) is 12.5. The van der Waals surface area contributed by atoms with Gasteiger partial charge >= 0.3 is 0 Å². The van der Waals surface area contributed by atoms with Crippen molar-refractivity contribution in [3.8, 4) is 5.69 Å². The average molecular weight is 287 g/mol. The molecule has 1 N–H and O–H groups in total. The van der Waals surface area contributed by atoms with E-state index in [1.165, 1.54) is 0 Å². The largest absolute Gasteiger partial charge is 0.395 e. The topological polar surface area (TPSA) is 58.4 Å². The number of aryl methyl sites for hydroxylation is 1. The van der Waals surface area contributed by atoms with Gasteiger partial charge in [0.2, 0.25) is 0 Å². The number of aromatic nitrogens is 2. The molecule has 0 bridgehead atoms. The smallest absolute Gasteiger partial charge is 0.155 e. The number of aliphatic hydroxyl groups is 1. The SMILES string of the molecule is CCCN(CCO)c1c(C=O)c(C)nn1-c1ccccc1. The van der Waals surface area contributed by atoms with Crippen LogP contribution in [-0.4, -0.2) is 40.9 Å². The first-order valence-electron chi connectivity index (χ1n) is 7.19. The van der Waals surface area contributed by atoms with Gasteiger partial charge in [-0.3, -0.25) is 4.79 Å². The zero-order chi connectivity index (χ0) is 15.2. The summed E-state index contributed by atoms with van der Waals surface area (Å²) in [6.45, 7) is 5.18. The van der Waals surface area contributed by atoms with E-state index in [2.05, 4.69) is 12.0 Å². The molecule has 0 fully saturated rings. The van der Waals surface area contributed by atoms with E-state index in [1.807, 2.05) is 42.2 Å². The second-order valence-electron chi connectivity index (χ2n) is 4.90. The number of hydrogen-bond donors (Lipinski definition) is 1. The van der Waals surface area contributed by atoms with E-state index in [9.17, 15) is 9.90 Å². The fraction of sp³-hybridized carbons (Fsp3) is 0.375. The summed E-state index contributed by atoms with van der Waals surface area (Å²) in [6, 6.07) is 9.72. The third-order valence-corrected chi connectivity index (χ3v) is 3.36. The molecule has 112 valence electrons. The Bertz CT molecular complexity index is 587. The van der Waals surface area contributed by atoms with Crippen LogP contribution < -0.4 is 4.90 Å². The Hall–Kier alpha value is -2.14. The van der Waals surface area contributed by atoms with Crippen LogP contribution in [-0.2, 0) is 0 Å². The molecule has 2 aromatic rings. The molecule has 5 heteroatoms. The monoisotopic (exact) mass is 287 g/mol. The summed E-state index contributed by atoms with van der Waals surface area (Å²) in [5.74, 6) is 0.754. The van der Waals surface area contributed by atoms with Crippen LogP contribution in [0, 0.1) is 6.92 Å². The van der Waals surface area contributed by atoms with Gasteiger partial charge in [-0.15, -0.1) is 0 Å². The molecule has 1 aromatic carbocycles. The lowest BCUT2D eigenvalue weighted by Crippen LogP contribution is -2.30. The number of aldehydes is 1. The second kappa shape index (κ2) is 7.04. The first-order chi connectivity index (χ1) is 10.2. The summed E-state index contributed by atoms with van der Waals surface area (Å²) in [7, 11) is 0. The van der Waals surface area contributed by atoms with Gasteiger partial charge in [-0.1, -0.05) is 25.1 Å². The minimum Gasteiger partial charge on any atom is -0.395 e. The van der Waals surface area contributed by atoms with Gasteiger partial charge in [-0.2, -0.15) is 5.10 Å². The molecule has 0 saturated heterocycles. The molecule has 0 aliphatic rings. The molecule has 1 aromatic heterocycles. The molecule has 1 heterocycles. The highest BCUT2D eigenvalue weighted by Crippen LogP contribution is 2.26. The van der Waals surface area contributed by atoms with E-state index < -0.39 is 0 Å². The molecule has 5 nitrogen and oxygen atoms in total. The van der Waals surface area contributed by atoms with Gasteiger partial charge in [-0.05, 0) is 25.5 Å². The summed E-state index contributed by atoms with van der Waals surface area (Å²) < 4.78 is 1.78. The molecule has 0 saturated carbocycles. The Labute approximate surface area is 124 Å². The second-order valence-corrected chi connectivity index (χ2v) is 4.90. The molecular weight excluding hydrogens is 266 g/mol. The number of para-hydroxylation sites is 1. The minimum atomic E-state index is 0.0390. The molecule has 0 aliphatic heterocycles. The van der Waals surface area contributed by atoms with E-state index >= 15 is 0 Å². The highest BCUT2D eigenvalue weighted by Gasteiger charge is 2.20. The lowest BCUT2D eigenvalue weighted by molar-refractivity contribution is 0.112. The van der Waals surface area contributed by atoms with Gasteiger partial charge < -0.3 is 10.0 Å². The van der Waals surface area contributed by atoms with Gasteiger partial charge in [-0.25, -0.2) is 4.68 Å². The van der Waals surface area contributed by atoms with Crippen LogP contribution in [0.2, 0.25) is 0 Å². The first-order valence-corrected chi connectivity index (χ1v) is 7.19. The summed E-state index contributed by atoms with van der Waals surface area (Å²) >= 11 is 0. The number of carbonyl (C=O) groups excluding carboxylic acids is 1. The standard InChI is InChI=1S/C16H21N3O2/c1-3-9-18(10-11-20)16-15(12-21)13(2)17-19(16)14-7-5-4-6-8-14/h4-8,12,20H,3,9-11H2,1-2H3. The summed E-state index contributed by atoms with van der Waals surface area (Å²) in [4.78, 5) is 13.5. The number of benzene rings is 1. The Morgan fingerprint density at radius 2 is 2.00 bits per heavy atom. The maximum atomic E-state index is 11.5. The van der Waals surface area contributed by atoms with Crippen LogP contribution in [0.25, 0.3) is 5.69 Å². The Morgan fingerprint density at radius 1 is 1.29 bits per heavy atom. The number of nitrogens with zero attached hydrogens (tertiary/aromatic N) is 3. The van der Waals surface area contributed by atoms with Crippen molar-refractivity contribution in [2.45, 2.75) is 20.3 Å². The number of hydrogen-bond acceptors (Lipinski definition) is 4. The van der Waals surface area contributed by atoms with Crippen molar-refractivity contribution in [2.24, 2.45) is 0 Å². The minimum absolute atomic E-state index is 0.0390. The predicted molar refractivity (Wildman–Crippen MR) is 83.3 cm³/mol. The van der Waals surface area contributed by atoms with Gasteiger partial charge in [0, 0.05) is 13.1 Å². The van der Waals surface area contributed by atoms with Gasteiger partial charge in [0.1, 0.15) is 5.82 Å².